The first kappa shape index (κ1) is 17.6. The standard InChI is InChI=1S/C21H22ClN5O/c1-2-3-4-9-17(28)27-15-10-16(19(27)14-8-6-5-7-13(14)15)26-12-25-18-20(22)23-11-24-21(18)26/h5-8,11-12,15-16,19H,2-4,9-10H2,1H3/t15-,16+,19-/m1/s1. The van der Waals surface area contributed by atoms with E-state index in [0.717, 1.165) is 31.3 Å². The molecule has 5 rings (SSSR count). The summed E-state index contributed by atoms with van der Waals surface area (Å²) in [5.41, 5.74) is 3.87. The number of carbonyl (C=O) groups is 1. The molecule has 2 aliphatic rings. The summed E-state index contributed by atoms with van der Waals surface area (Å²) in [6.45, 7) is 2.16. The molecule has 7 heteroatoms. The Labute approximate surface area is 168 Å². The SMILES string of the molecule is CCCCCC(=O)N1[C@@H]2C[C@H](n3cnc4c(Cl)ncnc43)[C@H]1c1ccccc12. The zero-order valence-corrected chi connectivity index (χ0v) is 16.5. The third-order valence-electron chi connectivity index (χ3n) is 6.09. The fourth-order valence-electron chi connectivity index (χ4n) is 4.88. The molecular weight excluding hydrogens is 374 g/mol. The van der Waals surface area contributed by atoms with Crippen LogP contribution in [0.15, 0.2) is 36.9 Å². The smallest absolute Gasteiger partial charge is 0.223 e. The van der Waals surface area contributed by atoms with E-state index in [2.05, 4.69) is 55.6 Å². The first-order valence-corrected chi connectivity index (χ1v) is 10.3. The van der Waals surface area contributed by atoms with Crippen molar-refractivity contribution in [2.45, 2.75) is 57.2 Å². The lowest BCUT2D eigenvalue weighted by Crippen LogP contribution is -2.29. The number of unbranched alkanes of at least 4 members (excludes halogenated alkanes) is 2. The van der Waals surface area contributed by atoms with Crippen molar-refractivity contribution in [3.63, 3.8) is 0 Å². The molecule has 0 aliphatic carbocycles. The van der Waals surface area contributed by atoms with E-state index in [1.807, 2.05) is 0 Å². The van der Waals surface area contributed by atoms with E-state index in [1.54, 1.807) is 6.33 Å². The molecule has 4 heterocycles. The number of hydrogen-bond donors (Lipinski definition) is 0. The monoisotopic (exact) mass is 395 g/mol. The molecule has 3 atom stereocenters. The Bertz CT molecular complexity index is 1050. The number of fused-ring (bicyclic) bond motifs is 6. The summed E-state index contributed by atoms with van der Waals surface area (Å²) in [6, 6.07) is 8.67. The van der Waals surface area contributed by atoms with E-state index in [1.165, 1.54) is 17.5 Å². The minimum Gasteiger partial charge on any atom is -0.326 e. The maximum Gasteiger partial charge on any atom is 0.223 e. The highest BCUT2D eigenvalue weighted by Gasteiger charge is 2.52. The van der Waals surface area contributed by atoms with Gasteiger partial charge >= 0.3 is 0 Å². The molecule has 1 saturated heterocycles. The summed E-state index contributed by atoms with van der Waals surface area (Å²) >= 11 is 6.20. The van der Waals surface area contributed by atoms with Crippen LogP contribution in [0.1, 0.15) is 68.3 Å². The fourth-order valence-corrected chi connectivity index (χ4v) is 5.06. The van der Waals surface area contributed by atoms with Gasteiger partial charge in [0.05, 0.1) is 24.5 Å². The molecule has 0 unspecified atom stereocenters. The summed E-state index contributed by atoms with van der Waals surface area (Å²) in [5, 5.41) is 0.361. The van der Waals surface area contributed by atoms with Crippen LogP contribution >= 0.6 is 11.6 Å². The Morgan fingerprint density at radius 3 is 2.82 bits per heavy atom. The Morgan fingerprint density at radius 1 is 1.18 bits per heavy atom. The van der Waals surface area contributed by atoms with Gasteiger partial charge in [-0.15, -0.1) is 0 Å². The lowest BCUT2D eigenvalue weighted by molar-refractivity contribution is -0.133. The highest BCUT2D eigenvalue weighted by atomic mass is 35.5. The average molecular weight is 396 g/mol. The Morgan fingerprint density at radius 2 is 2.00 bits per heavy atom. The van der Waals surface area contributed by atoms with E-state index in [9.17, 15) is 4.79 Å². The minimum absolute atomic E-state index is 0.0152. The van der Waals surface area contributed by atoms with Gasteiger partial charge in [-0.3, -0.25) is 4.79 Å². The first-order valence-electron chi connectivity index (χ1n) is 9.93. The first-order chi connectivity index (χ1) is 13.7. The van der Waals surface area contributed by atoms with E-state index in [-0.39, 0.29) is 24.0 Å². The van der Waals surface area contributed by atoms with Crippen LogP contribution in [0.2, 0.25) is 5.15 Å². The van der Waals surface area contributed by atoms with Gasteiger partial charge in [-0.2, -0.15) is 0 Å². The molecule has 0 spiro atoms. The predicted octanol–water partition coefficient (Wildman–Crippen LogP) is 4.63. The molecule has 3 aromatic rings. The molecule has 2 bridgehead atoms. The van der Waals surface area contributed by atoms with Crippen LogP contribution in [0.4, 0.5) is 0 Å². The Kier molecular flexibility index (Phi) is 4.31. The third kappa shape index (κ3) is 2.54. The van der Waals surface area contributed by atoms with Crippen molar-refractivity contribution in [2.24, 2.45) is 0 Å². The number of benzene rings is 1. The number of carbonyl (C=O) groups excluding carboxylic acids is 1. The van der Waals surface area contributed by atoms with Crippen molar-refractivity contribution >= 4 is 28.7 Å². The number of hydrogen-bond acceptors (Lipinski definition) is 4. The number of halogens is 1. The third-order valence-corrected chi connectivity index (χ3v) is 6.37. The Balaban J connectivity index is 1.55. The van der Waals surface area contributed by atoms with Crippen molar-refractivity contribution in [2.75, 3.05) is 0 Å². The molecule has 2 aromatic heterocycles. The molecule has 1 fully saturated rings. The molecule has 1 aromatic carbocycles. The van der Waals surface area contributed by atoms with E-state index < -0.39 is 0 Å². The second-order valence-corrected chi connectivity index (χ2v) is 8.00. The largest absolute Gasteiger partial charge is 0.326 e. The molecule has 6 nitrogen and oxygen atoms in total. The second-order valence-electron chi connectivity index (χ2n) is 7.64. The normalized spacial score (nSPS) is 22.8. The van der Waals surface area contributed by atoms with Crippen molar-refractivity contribution in [1.82, 2.24) is 24.4 Å². The molecule has 28 heavy (non-hydrogen) atoms. The maximum atomic E-state index is 13.1. The number of imidazole rings is 1. The van der Waals surface area contributed by atoms with Gasteiger partial charge in [-0.1, -0.05) is 55.6 Å². The van der Waals surface area contributed by atoms with Crippen molar-refractivity contribution in [3.05, 3.63) is 53.2 Å². The molecular formula is C21H22ClN5O. The van der Waals surface area contributed by atoms with Crippen LogP contribution in [-0.2, 0) is 4.79 Å². The highest BCUT2D eigenvalue weighted by Crippen LogP contribution is 2.58. The van der Waals surface area contributed by atoms with Crippen LogP contribution in [0.25, 0.3) is 11.2 Å². The van der Waals surface area contributed by atoms with Gasteiger partial charge in [-0.25, -0.2) is 15.0 Å². The molecule has 0 radical (unpaired) electrons. The fraction of sp³-hybridized carbons (Fsp3) is 0.429. The maximum absolute atomic E-state index is 13.1. The lowest BCUT2D eigenvalue weighted by Gasteiger charge is -2.26. The van der Waals surface area contributed by atoms with Crippen LogP contribution in [0.5, 0.6) is 0 Å². The summed E-state index contributed by atoms with van der Waals surface area (Å²) in [6.07, 6.45) is 7.89. The summed E-state index contributed by atoms with van der Waals surface area (Å²) < 4.78 is 2.08. The molecule has 1 amide bonds. The van der Waals surface area contributed by atoms with E-state index in [4.69, 9.17) is 11.6 Å². The van der Waals surface area contributed by atoms with E-state index >= 15 is 0 Å². The van der Waals surface area contributed by atoms with Gasteiger partial charge in [0.2, 0.25) is 5.91 Å². The second kappa shape index (κ2) is 6.85. The van der Waals surface area contributed by atoms with Crippen LogP contribution in [0.3, 0.4) is 0 Å². The van der Waals surface area contributed by atoms with Gasteiger partial charge in [0, 0.05) is 6.42 Å². The molecule has 0 N–H and O–H groups in total. The molecule has 144 valence electrons. The summed E-state index contributed by atoms with van der Waals surface area (Å²) in [7, 11) is 0. The van der Waals surface area contributed by atoms with Crippen LogP contribution in [-0.4, -0.2) is 30.3 Å². The van der Waals surface area contributed by atoms with Gasteiger partial charge in [0.1, 0.15) is 11.8 Å². The van der Waals surface area contributed by atoms with Crippen LogP contribution in [0, 0.1) is 0 Å². The Hall–Kier alpha value is -2.47. The zero-order chi connectivity index (χ0) is 19.3. The topological polar surface area (TPSA) is 63.9 Å². The number of nitrogens with zero attached hydrogens (tertiary/aromatic N) is 5. The predicted molar refractivity (Wildman–Crippen MR) is 107 cm³/mol. The highest BCUT2D eigenvalue weighted by molar-refractivity contribution is 6.33. The summed E-state index contributed by atoms with van der Waals surface area (Å²) in [5.74, 6) is 0.249. The lowest BCUT2D eigenvalue weighted by atomic mass is 9.88. The van der Waals surface area contributed by atoms with Gasteiger partial charge in [0.15, 0.2) is 10.8 Å². The number of rotatable bonds is 5. The van der Waals surface area contributed by atoms with Gasteiger partial charge in [0.25, 0.3) is 0 Å². The van der Waals surface area contributed by atoms with Gasteiger partial charge in [-0.05, 0) is 24.0 Å². The van der Waals surface area contributed by atoms with Gasteiger partial charge < -0.3 is 9.47 Å². The summed E-state index contributed by atoms with van der Waals surface area (Å²) in [4.78, 5) is 28.1. The van der Waals surface area contributed by atoms with Crippen molar-refractivity contribution in [1.29, 1.82) is 0 Å². The number of amides is 1. The quantitative estimate of drug-likeness (QED) is 0.466. The number of aromatic nitrogens is 4. The average Bonchev–Trinajstić information content (AvgIpc) is 3.39. The van der Waals surface area contributed by atoms with Crippen molar-refractivity contribution < 1.29 is 4.79 Å². The van der Waals surface area contributed by atoms with Crippen LogP contribution < -0.4 is 0 Å². The molecule has 2 aliphatic heterocycles. The van der Waals surface area contributed by atoms with E-state index in [0.29, 0.717) is 17.1 Å². The molecule has 0 saturated carbocycles. The van der Waals surface area contributed by atoms with Crippen molar-refractivity contribution in [3.8, 4) is 0 Å². The minimum atomic E-state index is 0.0152. The zero-order valence-electron chi connectivity index (χ0n) is 15.8.